The van der Waals surface area contributed by atoms with Crippen LogP contribution in [0.15, 0.2) is 22.7 Å². The summed E-state index contributed by atoms with van der Waals surface area (Å²) < 4.78 is 0.929. The number of carbonyl (C=O) groups is 1. The smallest absolute Gasteiger partial charge is 0.244 e. The largest absolute Gasteiger partial charge is 0.397 e. The molecule has 0 fully saturated rings. The van der Waals surface area contributed by atoms with Gasteiger partial charge in [-0.05, 0) is 25.1 Å². The number of nitrogens with zero attached hydrogens (tertiary/aromatic N) is 2. The quantitative estimate of drug-likeness (QED) is 0.868. The Hall–Kier alpha value is -1.23. The van der Waals surface area contributed by atoms with Crippen molar-refractivity contribution >= 4 is 33.2 Å². The van der Waals surface area contributed by atoms with Gasteiger partial charge < -0.3 is 15.5 Å². The number of carbonyl (C=O) groups excluding carboxylic acids is 1. The predicted octanol–water partition coefficient (Wildman–Crippen LogP) is 1.94. The average molecular weight is 300 g/mol. The fourth-order valence-corrected chi connectivity index (χ4v) is 1.97. The van der Waals surface area contributed by atoms with Crippen LogP contribution in [0.4, 0.5) is 11.4 Å². The van der Waals surface area contributed by atoms with E-state index < -0.39 is 0 Å². The van der Waals surface area contributed by atoms with Gasteiger partial charge in [0.05, 0.1) is 11.4 Å². The van der Waals surface area contributed by atoms with Crippen molar-refractivity contribution in [1.82, 2.24) is 4.90 Å². The summed E-state index contributed by atoms with van der Waals surface area (Å²) in [7, 11) is 5.36. The molecule has 0 aliphatic carbocycles. The van der Waals surface area contributed by atoms with Gasteiger partial charge >= 0.3 is 0 Å². The van der Waals surface area contributed by atoms with E-state index in [1.54, 1.807) is 19.0 Å². The molecule has 0 saturated heterocycles. The molecule has 5 heteroatoms. The summed E-state index contributed by atoms with van der Waals surface area (Å²) in [6.45, 7) is 1.86. The third kappa shape index (κ3) is 3.12. The van der Waals surface area contributed by atoms with Gasteiger partial charge in [0.15, 0.2) is 0 Å². The zero-order chi connectivity index (χ0) is 13.2. The number of hydrogen-bond acceptors (Lipinski definition) is 3. The molecule has 0 spiro atoms. The van der Waals surface area contributed by atoms with E-state index in [2.05, 4.69) is 15.9 Å². The van der Waals surface area contributed by atoms with Gasteiger partial charge in [-0.1, -0.05) is 15.9 Å². The minimum absolute atomic E-state index is 0.0508. The highest BCUT2D eigenvalue weighted by Gasteiger charge is 2.21. The van der Waals surface area contributed by atoms with E-state index in [4.69, 9.17) is 5.73 Å². The fraction of sp³-hybridized carbons (Fsp3) is 0.417. The van der Waals surface area contributed by atoms with Crippen molar-refractivity contribution in [2.75, 3.05) is 31.8 Å². The van der Waals surface area contributed by atoms with E-state index in [1.807, 2.05) is 37.1 Å². The van der Waals surface area contributed by atoms with Crippen molar-refractivity contribution < 1.29 is 4.79 Å². The normalized spacial score (nSPS) is 12.1. The van der Waals surface area contributed by atoms with Gasteiger partial charge in [-0.15, -0.1) is 0 Å². The minimum atomic E-state index is -0.242. The highest BCUT2D eigenvalue weighted by Crippen LogP contribution is 2.27. The van der Waals surface area contributed by atoms with Crippen molar-refractivity contribution in [1.29, 1.82) is 0 Å². The Labute approximate surface area is 111 Å². The second kappa shape index (κ2) is 5.40. The molecule has 2 N–H and O–H groups in total. The summed E-state index contributed by atoms with van der Waals surface area (Å²) in [5.41, 5.74) is 7.45. The number of anilines is 2. The van der Waals surface area contributed by atoms with E-state index in [0.29, 0.717) is 5.69 Å². The highest BCUT2D eigenvalue weighted by atomic mass is 79.9. The third-order valence-corrected chi connectivity index (χ3v) is 3.24. The maximum atomic E-state index is 11.9. The van der Waals surface area contributed by atoms with Crippen LogP contribution in [0.25, 0.3) is 0 Å². The van der Waals surface area contributed by atoms with Gasteiger partial charge in [-0.3, -0.25) is 4.79 Å². The highest BCUT2D eigenvalue weighted by molar-refractivity contribution is 9.10. The first-order valence-corrected chi connectivity index (χ1v) is 6.13. The van der Waals surface area contributed by atoms with Crippen molar-refractivity contribution in [3.63, 3.8) is 0 Å². The van der Waals surface area contributed by atoms with Crippen LogP contribution in [0.5, 0.6) is 0 Å². The zero-order valence-corrected chi connectivity index (χ0v) is 12.2. The van der Waals surface area contributed by atoms with Crippen LogP contribution in [-0.4, -0.2) is 38.0 Å². The van der Waals surface area contributed by atoms with Gasteiger partial charge in [0.2, 0.25) is 5.91 Å². The summed E-state index contributed by atoms with van der Waals surface area (Å²) in [5.74, 6) is 0.0508. The van der Waals surface area contributed by atoms with Crippen LogP contribution in [0.1, 0.15) is 6.92 Å². The number of amides is 1. The first kappa shape index (κ1) is 13.8. The van der Waals surface area contributed by atoms with E-state index >= 15 is 0 Å². The van der Waals surface area contributed by atoms with Crippen LogP contribution < -0.4 is 10.6 Å². The Morgan fingerprint density at radius 1 is 1.35 bits per heavy atom. The molecule has 94 valence electrons. The average Bonchev–Trinajstić information content (AvgIpc) is 2.26. The molecule has 1 unspecified atom stereocenters. The van der Waals surface area contributed by atoms with Crippen LogP contribution in [0, 0.1) is 0 Å². The number of halogens is 1. The molecule has 0 aliphatic rings. The Balaban J connectivity index is 2.96. The van der Waals surface area contributed by atoms with Gasteiger partial charge in [0.25, 0.3) is 0 Å². The number of rotatable bonds is 3. The Morgan fingerprint density at radius 3 is 2.41 bits per heavy atom. The second-order valence-corrected chi connectivity index (χ2v) is 5.14. The lowest BCUT2D eigenvalue weighted by molar-refractivity contribution is -0.129. The Bertz CT molecular complexity index is 420. The van der Waals surface area contributed by atoms with Crippen LogP contribution in [0.3, 0.4) is 0 Å². The predicted molar refractivity (Wildman–Crippen MR) is 75.1 cm³/mol. The molecule has 0 aromatic heterocycles. The molecule has 0 bridgehead atoms. The molecule has 0 aliphatic heterocycles. The molecule has 1 aromatic rings. The molecule has 1 rings (SSSR count). The molecule has 0 saturated carbocycles. The number of hydrogen-bond donors (Lipinski definition) is 1. The molecular weight excluding hydrogens is 282 g/mol. The Kier molecular flexibility index (Phi) is 4.40. The topological polar surface area (TPSA) is 49.6 Å². The monoisotopic (exact) mass is 299 g/mol. The van der Waals surface area contributed by atoms with Crippen molar-refractivity contribution in [2.45, 2.75) is 13.0 Å². The maximum Gasteiger partial charge on any atom is 0.244 e. The summed E-state index contributed by atoms with van der Waals surface area (Å²) in [6, 6.07) is 5.40. The van der Waals surface area contributed by atoms with Crippen LogP contribution in [-0.2, 0) is 4.79 Å². The van der Waals surface area contributed by atoms with Gasteiger partial charge in [0, 0.05) is 25.6 Å². The summed E-state index contributed by atoms with van der Waals surface area (Å²) in [5, 5.41) is 0. The molecule has 17 heavy (non-hydrogen) atoms. The van der Waals surface area contributed by atoms with E-state index in [1.165, 1.54) is 0 Å². The van der Waals surface area contributed by atoms with Crippen LogP contribution >= 0.6 is 15.9 Å². The number of benzene rings is 1. The zero-order valence-electron chi connectivity index (χ0n) is 10.6. The van der Waals surface area contributed by atoms with Gasteiger partial charge in [-0.2, -0.15) is 0 Å². The van der Waals surface area contributed by atoms with Gasteiger partial charge in [0.1, 0.15) is 6.04 Å². The summed E-state index contributed by atoms with van der Waals surface area (Å²) in [6.07, 6.45) is 0. The number of likely N-dealkylation sites (N-methyl/N-ethyl adjacent to an activating group) is 2. The first-order chi connectivity index (χ1) is 7.84. The fourth-order valence-electron chi connectivity index (χ4n) is 1.59. The Morgan fingerprint density at radius 2 is 1.94 bits per heavy atom. The van der Waals surface area contributed by atoms with E-state index in [0.717, 1.165) is 10.2 Å². The van der Waals surface area contributed by atoms with E-state index in [9.17, 15) is 4.79 Å². The number of nitrogen functional groups attached to an aromatic ring is 1. The molecule has 0 heterocycles. The van der Waals surface area contributed by atoms with Crippen molar-refractivity contribution in [3.05, 3.63) is 22.7 Å². The standard InChI is InChI=1S/C12H18BrN3O/c1-8(12(17)15(2)3)16(4)11-6-5-9(13)7-10(11)14/h5-8H,14H2,1-4H3. The van der Waals surface area contributed by atoms with E-state index in [-0.39, 0.29) is 11.9 Å². The second-order valence-electron chi connectivity index (χ2n) is 4.22. The molecule has 1 aromatic carbocycles. The lowest BCUT2D eigenvalue weighted by atomic mass is 10.2. The molecule has 4 nitrogen and oxygen atoms in total. The van der Waals surface area contributed by atoms with Crippen molar-refractivity contribution in [2.24, 2.45) is 0 Å². The number of nitrogens with two attached hydrogens (primary N) is 1. The molecule has 1 atom stereocenters. The maximum absolute atomic E-state index is 11.9. The third-order valence-electron chi connectivity index (χ3n) is 2.75. The lowest BCUT2D eigenvalue weighted by Crippen LogP contribution is -2.43. The molecule has 1 amide bonds. The summed E-state index contributed by atoms with van der Waals surface area (Å²) >= 11 is 3.36. The summed E-state index contributed by atoms with van der Waals surface area (Å²) in [4.78, 5) is 15.3. The SMILES string of the molecule is CC(C(=O)N(C)C)N(C)c1ccc(Br)cc1N. The molecule has 0 radical (unpaired) electrons. The molecular formula is C12H18BrN3O. The lowest BCUT2D eigenvalue weighted by Gasteiger charge is -2.29. The van der Waals surface area contributed by atoms with Gasteiger partial charge in [-0.25, -0.2) is 0 Å². The minimum Gasteiger partial charge on any atom is -0.397 e. The van der Waals surface area contributed by atoms with Crippen molar-refractivity contribution in [3.8, 4) is 0 Å². The first-order valence-electron chi connectivity index (χ1n) is 5.33. The van der Waals surface area contributed by atoms with Crippen LogP contribution in [0.2, 0.25) is 0 Å².